The summed E-state index contributed by atoms with van der Waals surface area (Å²) in [5.74, 6) is 1.80. The van der Waals surface area contributed by atoms with Crippen molar-refractivity contribution in [3.63, 3.8) is 0 Å². The Labute approximate surface area is 314 Å². The van der Waals surface area contributed by atoms with Crippen molar-refractivity contribution in [3.05, 3.63) is 70.3 Å². The molecule has 1 aliphatic rings. The van der Waals surface area contributed by atoms with Gasteiger partial charge in [-0.15, -0.1) is 10.2 Å². The van der Waals surface area contributed by atoms with Gasteiger partial charge in [0.25, 0.3) is 0 Å². The van der Waals surface area contributed by atoms with E-state index in [1.165, 1.54) is 0 Å². The Morgan fingerprint density at radius 2 is 1.34 bits per heavy atom. The van der Waals surface area contributed by atoms with Crippen LogP contribution in [-0.4, -0.2) is 137 Å². The van der Waals surface area contributed by atoms with E-state index in [9.17, 15) is 9.59 Å². The molecular formula is C36H49ClN6O10. The molecule has 2 aromatic carbocycles. The number of halogens is 1. The third kappa shape index (κ3) is 14.3. The van der Waals surface area contributed by atoms with Crippen LogP contribution in [0.3, 0.4) is 0 Å². The molecule has 17 heteroatoms. The van der Waals surface area contributed by atoms with E-state index in [4.69, 9.17) is 54.9 Å². The number of hydrogen-bond donors (Lipinski definition) is 3. The highest BCUT2D eigenvalue weighted by Gasteiger charge is 2.30. The van der Waals surface area contributed by atoms with E-state index in [-0.39, 0.29) is 18.9 Å². The lowest BCUT2D eigenvalue weighted by Crippen LogP contribution is -2.25. The first-order valence-electron chi connectivity index (χ1n) is 17.6. The standard InChI is InChI=1S/C36H49ClN6O10/c1-3-38-33(44)25-31-35-42-41-26(2)43(35)32-9-8-29(24-30(32)34(40-31)27-4-6-28(37)7-5-27)53-23-22-52-21-20-51-19-18-50-17-16-49-15-14-48-13-12-47-11-10-39-36(45)46/h4-9,24,31,39H,3,10-23,25H2,1-2H3,(H,38,44)(H,45,46)/t31-/m0/s1. The first kappa shape index (κ1) is 41.6. The molecule has 0 bridgehead atoms. The first-order chi connectivity index (χ1) is 25.9. The van der Waals surface area contributed by atoms with E-state index in [2.05, 4.69) is 20.8 Å². The molecule has 290 valence electrons. The highest BCUT2D eigenvalue weighted by atomic mass is 35.5. The molecule has 4 rings (SSSR count). The lowest BCUT2D eigenvalue weighted by atomic mass is 10.00. The van der Waals surface area contributed by atoms with Crippen molar-refractivity contribution in [2.75, 3.05) is 99.0 Å². The molecule has 3 N–H and O–H groups in total. The number of fused-ring (bicyclic) bond motifs is 3. The fraction of sp³-hybridized carbons (Fsp3) is 0.528. The summed E-state index contributed by atoms with van der Waals surface area (Å²) in [4.78, 5) is 28.1. The van der Waals surface area contributed by atoms with Crippen molar-refractivity contribution < 1.29 is 47.9 Å². The maximum Gasteiger partial charge on any atom is 0.404 e. The molecule has 0 unspecified atom stereocenters. The molecule has 0 spiro atoms. The van der Waals surface area contributed by atoms with Crippen molar-refractivity contribution in [1.82, 2.24) is 25.4 Å². The summed E-state index contributed by atoms with van der Waals surface area (Å²) in [6.45, 7) is 9.82. The quantitative estimate of drug-likeness (QED) is 0.102. The number of carbonyl (C=O) groups excluding carboxylic acids is 1. The summed E-state index contributed by atoms with van der Waals surface area (Å²) in [6.07, 6.45) is -0.946. The van der Waals surface area contributed by atoms with Crippen LogP contribution in [0.1, 0.15) is 42.2 Å². The Morgan fingerprint density at radius 3 is 1.91 bits per heavy atom. The Bertz CT molecular complexity index is 1590. The maximum absolute atomic E-state index is 12.7. The summed E-state index contributed by atoms with van der Waals surface area (Å²) in [7, 11) is 0. The minimum Gasteiger partial charge on any atom is -0.491 e. The maximum atomic E-state index is 12.7. The molecule has 0 radical (unpaired) electrons. The number of nitrogens with zero attached hydrogens (tertiary/aromatic N) is 4. The Morgan fingerprint density at radius 1 is 0.774 bits per heavy atom. The lowest BCUT2D eigenvalue weighted by Gasteiger charge is -2.15. The second-order valence-electron chi connectivity index (χ2n) is 11.5. The molecule has 0 saturated heterocycles. The average Bonchev–Trinajstić information content (AvgIpc) is 3.47. The van der Waals surface area contributed by atoms with Gasteiger partial charge in [0.2, 0.25) is 5.91 Å². The van der Waals surface area contributed by atoms with Crippen LogP contribution in [0.5, 0.6) is 5.75 Å². The van der Waals surface area contributed by atoms with Crippen LogP contribution in [0.4, 0.5) is 4.79 Å². The van der Waals surface area contributed by atoms with Crippen LogP contribution >= 0.6 is 11.6 Å². The van der Waals surface area contributed by atoms with Crippen molar-refractivity contribution in [1.29, 1.82) is 0 Å². The van der Waals surface area contributed by atoms with Crippen LogP contribution in [-0.2, 0) is 33.2 Å². The molecule has 0 aliphatic carbocycles. The number of nitrogens with one attached hydrogen (secondary N) is 2. The molecule has 53 heavy (non-hydrogen) atoms. The number of rotatable bonds is 26. The molecular weight excluding hydrogens is 712 g/mol. The second kappa shape index (κ2) is 23.5. The SMILES string of the molecule is CCNC(=O)C[C@@H]1N=C(c2ccc(Cl)cc2)c2cc(OCCOCCOCCOCCOCCOCCOCCNC(=O)O)ccc2-n2c(C)nnc21. The van der Waals surface area contributed by atoms with Gasteiger partial charge in [-0.1, -0.05) is 23.7 Å². The summed E-state index contributed by atoms with van der Waals surface area (Å²) >= 11 is 6.21. The van der Waals surface area contributed by atoms with Crippen LogP contribution in [0.2, 0.25) is 5.02 Å². The van der Waals surface area contributed by atoms with Gasteiger partial charge in [0.1, 0.15) is 24.2 Å². The van der Waals surface area contributed by atoms with Gasteiger partial charge < -0.3 is 48.9 Å². The van der Waals surface area contributed by atoms with Crippen molar-refractivity contribution in [2.24, 2.45) is 4.99 Å². The van der Waals surface area contributed by atoms with Crippen molar-refractivity contribution >= 4 is 29.3 Å². The third-order valence-corrected chi connectivity index (χ3v) is 7.90. The van der Waals surface area contributed by atoms with E-state index < -0.39 is 12.1 Å². The zero-order valence-electron chi connectivity index (χ0n) is 30.2. The predicted octanol–water partition coefficient (Wildman–Crippen LogP) is 3.39. The Kier molecular flexibility index (Phi) is 18.4. The Balaban J connectivity index is 1.13. The van der Waals surface area contributed by atoms with Crippen molar-refractivity contribution in [2.45, 2.75) is 26.3 Å². The number of hydrogen-bond acceptors (Lipinski definition) is 12. The minimum atomic E-state index is -1.07. The summed E-state index contributed by atoms with van der Waals surface area (Å²) < 4.78 is 40.9. The fourth-order valence-corrected chi connectivity index (χ4v) is 5.36. The van der Waals surface area contributed by atoms with Gasteiger partial charge in [0.05, 0.1) is 97.1 Å². The molecule has 1 aliphatic heterocycles. The van der Waals surface area contributed by atoms with E-state index in [0.717, 1.165) is 16.8 Å². The topological polar surface area (TPSA) is 186 Å². The predicted molar refractivity (Wildman–Crippen MR) is 196 cm³/mol. The van der Waals surface area contributed by atoms with Crippen LogP contribution in [0, 0.1) is 6.92 Å². The number of aryl methyl sites for hydroxylation is 1. The molecule has 16 nitrogen and oxygen atoms in total. The Hall–Kier alpha value is -4.16. The van der Waals surface area contributed by atoms with Gasteiger partial charge >= 0.3 is 6.09 Å². The number of carbonyl (C=O) groups is 2. The molecule has 2 heterocycles. The average molecular weight is 761 g/mol. The number of aromatic nitrogens is 3. The molecule has 0 saturated carbocycles. The summed E-state index contributed by atoms with van der Waals surface area (Å²) in [5, 5.41) is 22.9. The van der Waals surface area contributed by atoms with E-state index in [1.807, 2.05) is 60.9 Å². The van der Waals surface area contributed by atoms with E-state index >= 15 is 0 Å². The number of benzene rings is 2. The lowest BCUT2D eigenvalue weighted by molar-refractivity contribution is -0.121. The highest BCUT2D eigenvalue weighted by Crippen LogP contribution is 2.34. The molecule has 3 aromatic rings. The number of ether oxygens (including phenoxy) is 7. The number of amides is 2. The largest absolute Gasteiger partial charge is 0.491 e. The monoisotopic (exact) mass is 760 g/mol. The van der Waals surface area contributed by atoms with Gasteiger partial charge in [-0.3, -0.25) is 14.4 Å². The molecule has 0 fully saturated rings. The smallest absolute Gasteiger partial charge is 0.404 e. The zero-order chi connectivity index (χ0) is 37.7. The van der Waals surface area contributed by atoms with Gasteiger partial charge in [-0.25, -0.2) is 4.79 Å². The van der Waals surface area contributed by atoms with Gasteiger partial charge in [0, 0.05) is 29.2 Å². The fourth-order valence-electron chi connectivity index (χ4n) is 5.23. The molecule has 1 atom stereocenters. The third-order valence-electron chi connectivity index (χ3n) is 7.65. The summed E-state index contributed by atoms with van der Waals surface area (Å²) in [6, 6.07) is 12.7. The van der Waals surface area contributed by atoms with Crippen LogP contribution in [0.25, 0.3) is 5.69 Å². The van der Waals surface area contributed by atoms with Crippen molar-refractivity contribution in [3.8, 4) is 11.4 Å². The van der Waals surface area contributed by atoms with Gasteiger partial charge in [0.15, 0.2) is 5.82 Å². The van der Waals surface area contributed by atoms with Gasteiger partial charge in [-0.2, -0.15) is 0 Å². The second-order valence-corrected chi connectivity index (χ2v) is 12.0. The van der Waals surface area contributed by atoms with Gasteiger partial charge in [-0.05, 0) is 44.2 Å². The zero-order valence-corrected chi connectivity index (χ0v) is 31.0. The van der Waals surface area contributed by atoms with Crippen LogP contribution in [0.15, 0.2) is 47.5 Å². The first-order valence-corrected chi connectivity index (χ1v) is 18.0. The molecule has 2 amide bonds. The minimum absolute atomic E-state index is 0.121. The molecule has 1 aromatic heterocycles. The number of carboxylic acid groups (broad SMARTS) is 1. The highest BCUT2D eigenvalue weighted by molar-refractivity contribution is 6.30. The number of aliphatic imine (C=N–C) groups is 1. The van der Waals surface area contributed by atoms with E-state index in [1.54, 1.807) is 0 Å². The summed E-state index contributed by atoms with van der Waals surface area (Å²) in [5.41, 5.74) is 3.19. The van der Waals surface area contributed by atoms with Crippen LogP contribution < -0.4 is 15.4 Å². The van der Waals surface area contributed by atoms with E-state index in [0.29, 0.717) is 121 Å². The normalized spacial score (nSPS) is 13.5.